The summed E-state index contributed by atoms with van der Waals surface area (Å²) in [5, 5.41) is 17.1. The fourth-order valence-corrected chi connectivity index (χ4v) is 3.16. The van der Waals surface area contributed by atoms with Gasteiger partial charge >= 0.3 is 5.69 Å². The molecule has 0 bridgehead atoms. The van der Waals surface area contributed by atoms with Crippen LogP contribution in [0.1, 0.15) is 29.0 Å². The lowest BCUT2D eigenvalue weighted by atomic mass is 10.1. The van der Waals surface area contributed by atoms with Crippen molar-refractivity contribution in [2.75, 3.05) is 0 Å². The third-order valence-electron chi connectivity index (χ3n) is 4.45. The van der Waals surface area contributed by atoms with Crippen molar-refractivity contribution in [3.63, 3.8) is 0 Å². The summed E-state index contributed by atoms with van der Waals surface area (Å²) < 4.78 is 0. The Morgan fingerprint density at radius 2 is 2.00 bits per heavy atom. The van der Waals surface area contributed by atoms with Gasteiger partial charge in [0.2, 0.25) is 0 Å². The first-order chi connectivity index (χ1) is 13.5. The van der Waals surface area contributed by atoms with Gasteiger partial charge in [-0.15, -0.1) is 10.2 Å². The summed E-state index contributed by atoms with van der Waals surface area (Å²) in [6, 6.07) is 10.9. The van der Waals surface area contributed by atoms with Crippen LogP contribution in [0.3, 0.4) is 0 Å². The first-order valence-corrected chi connectivity index (χ1v) is 8.80. The van der Waals surface area contributed by atoms with Crippen molar-refractivity contribution in [1.29, 1.82) is 5.26 Å². The van der Waals surface area contributed by atoms with Gasteiger partial charge < -0.3 is 4.98 Å². The molecule has 0 amide bonds. The molecule has 0 saturated heterocycles. The van der Waals surface area contributed by atoms with Gasteiger partial charge in [0.05, 0.1) is 17.2 Å². The van der Waals surface area contributed by atoms with E-state index in [0.29, 0.717) is 11.3 Å². The zero-order valence-electron chi connectivity index (χ0n) is 14.4. The summed E-state index contributed by atoms with van der Waals surface area (Å²) in [4.78, 5) is 27.7. The van der Waals surface area contributed by atoms with Crippen molar-refractivity contribution < 1.29 is 0 Å². The van der Waals surface area contributed by atoms with Crippen LogP contribution in [0.4, 0.5) is 0 Å². The highest BCUT2D eigenvalue weighted by Crippen LogP contribution is 2.49. The average molecular weight is 390 g/mol. The molecule has 1 aliphatic carbocycles. The van der Waals surface area contributed by atoms with Crippen LogP contribution in [0.25, 0.3) is 11.3 Å². The molecule has 1 aliphatic rings. The van der Waals surface area contributed by atoms with Crippen LogP contribution >= 0.6 is 11.6 Å². The van der Waals surface area contributed by atoms with Crippen molar-refractivity contribution in [2.45, 2.75) is 12.3 Å². The summed E-state index contributed by atoms with van der Waals surface area (Å²) in [6.07, 6.45) is 2.12. The maximum absolute atomic E-state index is 12.0. The summed E-state index contributed by atoms with van der Waals surface area (Å²) in [5.74, 6) is 6.48. The third-order valence-corrected chi connectivity index (χ3v) is 4.75. The predicted octanol–water partition coefficient (Wildman–Crippen LogP) is 2.20. The lowest BCUT2D eigenvalue weighted by Crippen LogP contribution is -2.23. The number of nitriles is 1. The molecule has 2 heterocycles. The van der Waals surface area contributed by atoms with Crippen molar-refractivity contribution in [3.05, 3.63) is 79.2 Å². The summed E-state index contributed by atoms with van der Waals surface area (Å²) in [7, 11) is 0. The van der Waals surface area contributed by atoms with E-state index in [1.165, 1.54) is 6.20 Å². The van der Waals surface area contributed by atoms with E-state index in [4.69, 9.17) is 16.9 Å². The van der Waals surface area contributed by atoms with Gasteiger partial charge in [-0.1, -0.05) is 29.5 Å². The molecular formula is C20H12ClN5O2. The number of H-pyrrole nitrogens is 2. The van der Waals surface area contributed by atoms with E-state index in [2.05, 4.69) is 38.1 Å². The van der Waals surface area contributed by atoms with Gasteiger partial charge in [-0.05, 0) is 36.2 Å². The Morgan fingerprint density at radius 3 is 2.79 bits per heavy atom. The van der Waals surface area contributed by atoms with E-state index in [9.17, 15) is 9.59 Å². The molecule has 0 radical (unpaired) electrons. The van der Waals surface area contributed by atoms with E-state index in [0.717, 1.165) is 17.5 Å². The Kier molecular flexibility index (Phi) is 4.52. The van der Waals surface area contributed by atoms with Crippen LogP contribution in [0, 0.1) is 29.1 Å². The number of aromatic nitrogens is 4. The molecule has 2 aromatic heterocycles. The van der Waals surface area contributed by atoms with Gasteiger partial charge in [0.25, 0.3) is 5.56 Å². The first-order valence-electron chi connectivity index (χ1n) is 8.42. The highest BCUT2D eigenvalue weighted by atomic mass is 35.5. The van der Waals surface area contributed by atoms with E-state index in [1.54, 1.807) is 24.3 Å². The molecule has 136 valence electrons. The molecule has 28 heavy (non-hydrogen) atoms. The van der Waals surface area contributed by atoms with Gasteiger partial charge in [0, 0.05) is 23.6 Å². The number of halogens is 1. The van der Waals surface area contributed by atoms with Crippen LogP contribution < -0.4 is 11.2 Å². The fourth-order valence-electron chi connectivity index (χ4n) is 2.92. The molecule has 2 N–H and O–H groups in total. The molecular weight excluding hydrogens is 378 g/mol. The summed E-state index contributed by atoms with van der Waals surface area (Å²) >= 11 is 6.20. The molecule has 1 aromatic carbocycles. The molecule has 8 heteroatoms. The van der Waals surface area contributed by atoms with Crippen molar-refractivity contribution in [1.82, 2.24) is 20.2 Å². The Labute approximate surface area is 164 Å². The molecule has 2 atom stereocenters. The van der Waals surface area contributed by atoms with E-state index in [1.807, 2.05) is 6.07 Å². The van der Waals surface area contributed by atoms with Crippen molar-refractivity contribution in [3.8, 4) is 29.2 Å². The van der Waals surface area contributed by atoms with E-state index < -0.39 is 11.2 Å². The standard InChI is InChI=1S/C20H12ClN5O2/c21-18-15(8-17(25-26-18)16-10-23-20(28)24-19(16)27)14-7-13(14)5-4-11-2-1-3-12(6-11)9-22/h1-3,6,8,10,13-14H,7H2,(H2,23,24,27,28)/t13-,14-/m0/s1. The number of hydrogen-bond acceptors (Lipinski definition) is 5. The number of rotatable bonds is 2. The zero-order chi connectivity index (χ0) is 19.7. The van der Waals surface area contributed by atoms with Crippen molar-refractivity contribution in [2.24, 2.45) is 5.92 Å². The first kappa shape index (κ1) is 17.7. The Morgan fingerprint density at radius 1 is 1.18 bits per heavy atom. The molecule has 7 nitrogen and oxygen atoms in total. The molecule has 4 rings (SSSR count). The van der Waals surface area contributed by atoms with Crippen LogP contribution in [0.5, 0.6) is 0 Å². The number of hydrogen-bond donors (Lipinski definition) is 2. The molecule has 0 unspecified atom stereocenters. The van der Waals surface area contributed by atoms with Gasteiger partial charge in [0.1, 0.15) is 5.69 Å². The van der Waals surface area contributed by atoms with Crippen LogP contribution in [0.15, 0.2) is 46.1 Å². The van der Waals surface area contributed by atoms with Gasteiger partial charge in [-0.3, -0.25) is 9.78 Å². The van der Waals surface area contributed by atoms with Gasteiger partial charge in [0.15, 0.2) is 5.15 Å². The molecule has 0 spiro atoms. The summed E-state index contributed by atoms with van der Waals surface area (Å²) in [5.41, 5.74) is 1.52. The number of benzene rings is 1. The monoisotopic (exact) mass is 389 g/mol. The number of nitrogens with one attached hydrogen (secondary N) is 2. The quantitative estimate of drug-likeness (QED) is 0.652. The van der Waals surface area contributed by atoms with Gasteiger partial charge in [-0.25, -0.2) is 4.79 Å². The smallest absolute Gasteiger partial charge is 0.313 e. The highest BCUT2D eigenvalue weighted by Gasteiger charge is 2.39. The highest BCUT2D eigenvalue weighted by molar-refractivity contribution is 6.30. The second kappa shape index (κ2) is 7.15. The maximum Gasteiger partial charge on any atom is 0.325 e. The topological polar surface area (TPSA) is 115 Å². The minimum absolute atomic E-state index is 0.0928. The Hall–Kier alpha value is -3.68. The Balaban J connectivity index is 1.60. The summed E-state index contributed by atoms with van der Waals surface area (Å²) in [6.45, 7) is 0. The third kappa shape index (κ3) is 3.57. The average Bonchev–Trinajstić information content (AvgIpc) is 3.47. The van der Waals surface area contributed by atoms with E-state index in [-0.39, 0.29) is 22.6 Å². The minimum Gasteiger partial charge on any atom is -0.313 e. The van der Waals surface area contributed by atoms with Crippen LogP contribution in [0.2, 0.25) is 5.15 Å². The lowest BCUT2D eigenvalue weighted by molar-refractivity contribution is 0.953. The molecule has 1 saturated carbocycles. The normalized spacial score (nSPS) is 17.3. The Bertz CT molecular complexity index is 1290. The SMILES string of the molecule is N#Cc1cccc(C#C[C@H]2C[C@@H]2c2cc(-c3c[nH]c(=O)[nH]c3=O)nnc2Cl)c1. The second-order valence-corrected chi connectivity index (χ2v) is 6.73. The van der Waals surface area contributed by atoms with Gasteiger partial charge in [-0.2, -0.15) is 5.26 Å². The van der Waals surface area contributed by atoms with Crippen LogP contribution in [-0.4, -0.2) is 20.2 Å². The zero-order valence-corrected chi connectivity index (χ0v) is 15.1. The maximum atomic E-state index is 12.0. The lowest BCUT2D eigenvalue weighted by Gasteiger charge is -2.04. The predicted molar refractivity (Wildman–Crippen MR) is 103 cm³/mol. The molecule has 0 aliphatic heterocycles. The number of nitrogens with zero attached hydrogens (tertiary/aromatic N) is 3. The largest absolute Gasteiger partial charge is 0.325 e. The number of aromatic amines is 2. The molecule has 1 fully saturated rings. The fraction of sp³-hybridized carbons (Fsp3) is 0.150. The van der Waals surface area contributed by atoms with E-state index >= 15 is 0 Å². The minimum atomic E-state index is -0.589. The second-order valence-electron chi connectivity index (χ2n) is 6.37. The molecule has 3 aromatic rings. The van der Waals surface area contributed by atoms with Crippen molar-refractivity contribution >= 4 is 11.6 Å². The van der Waals surface area contributed by atoms with Crippen LogP contribution in [-0.2, 0) is 0 Å².